The summed E-state index contributed by atoms with van der Waals surface area (Å²) in [5, 5.41) is 0. The first kappa shape index (κ1) is 20.1. The Bertz CT molecular complexity index is 321. The molecule has 0 aromatic heterocycles. The van der Waals surface area contributed by atoms with Gasteiger partial charge >= 0.3 is 5.97 Å². The lowest BCUT2D eigenvalue weighted by Crippen LogP contribution is -2.34. The minimum Gasteiger partial charge on any atom is -0.461 e. The molecule has 1 heterocycles. The maximum Gasteiger partial charge on any atom is 0.333 e. The number of rotatable bonds is 4. The lowest BCUT2D eigenvalue weighted by Gasteiger charge is -2.22. The van der Waals surface area contributed by atoms with Crippen LogP contribution in [0.25, 0.3) is 0 Å². The van der Waals surface area contributed by atoms with Gasteiger partial charge in [-0.15, -0.1) is 0 Å². The van der Waals surface area contributed by atoms with Crippen molar-refractivity contribution in [3.05, 3.63) is 12.2 Å². The Morgan fingerprint density at radius 2 is 1.35 bits per heavy atom. The lowest BCUT2D eigenvalue weighted by molar-refractivity contribution is -0.139. The second kappa shape index (κ2) is 13.4. The zero-order valence-corrected chi connectivity index (χ0v) is 14.1. The molecule has 23 heavy (non-hydrogen) atoms. The zero-order valence-electron chi connectivity index (χ0n) is 14.1. The second-order valence-electron chi connectivity index (χ2n) is 5.21. The molecule has 0 amide bonds. The van der Waals surface area contributed by atoms with Crippen molar-refractivity contribution >= 4 is 5.97 Å². The Morgan fingerprint density at radius 3 is 1.78 bits per heavy atom. The Balaban J connectivity index is 2.28. The molecule has 134 valence electrons. The van der Waals surface area contributed by atoms with E-state index in [1.54, 1.807) is 6.92 Å². The van der Waals surface area contributed by atoms with Crippen molar-refractivity contribution in [1.82, 2.24) is 4.90 Å². The van der Waals surface area contributed by atoms with Gasteiger partial charge in [0.1, 0.15) is 6.61 Å². The number of ether oxygens (including phenoxy) is 5. The van der Waals surface area contributed by atoms with E-state index in [1.165, 1.54) is 0 Å². The highest BCUT2D eigenvalue weighted by atomic mass is 16.6. The largest absolute Gasteiger partial charge is 0.461 e. The van der Waals surface area contributed by atoms with Crippen LogP contribution in [0.4, 0.5) is 0 Å². The van der Waals surface area contributed by atoms with E-state index in [0.29, 0.717) is 71.6 Å². The van der Waals surface area contributed by atoms with Gasteiger partial charge in [-0.2, -0.15) is 0 Å². The summed E-state index contributed by atoms with van der Waals surface area (Å²) >= 11 is 0. The Morgan fingerprint density at radius 1 is 0.913 bits per heavy atom. The molecule has 0 N–H and O–H groups in total. The fraction of sp³-hybridized carbons (Fsp3) is 0.812. The van der Waals surface area contributed by atoms with Gasteiger partial charge < -0.3 is 23.7 Å². The zero-order chi connectivity index (χ0) is 16.8. The summed E-state index contributed by atoms with van der Waals surface area (Å²) in [6, 6.07) is 0. The molecule has 0 unspecified atom stereocenters. The van der Waals surface area contributed by atoms with Crippen molar-refractivity contribution in [3.8, 4) is 0 Å². The van der Waals surface area contributed by atoms with E-state index >= 15 is 0 Å². The number of carbonyl (C=O) groups is 1. The first-order chi connectivity index (χ1) is 11.2. The molecule has 7 nitrogen and oxygen atoms in total. The monoisotopic (exact) mass is 331 g/mol. The summed E-state index contributed by atoms with van der Waals surface area (Å²) in [7, 11) is 0. The van der Waals surface area contributed by atoms with Gasteiger partial charge in [0.2, 0.25) is 0 Å². The topological polar surface area (TPSA) is 66.5 Å². The van der Waals surface area contributed by atoms with Gasteiger partial charge in [0.05, 0.1) is 52.9 Å². The number of carbonyl (C=O) groups excluding carboxylic acids is 1. The van der Waals surface area contributed by atoms with E-state index in [-0.39, 0.29) is 5.97 Å². The van der Waals surface area contributed by atoms with Crippen LogP contribution < -0.4 is 0 Å². The third-order valence-electron chi connectivity index (χ3n) is 3.21. The van der Waals surface area contributed by atoms with Gasteiger partial charge in [-0.1, -0.05) is 6.58 Å². The molecule has 0 saturated carbocycles. The Hall–Kier alpha value is -0.990. The molecule has 1 fully saturated rings. The quantitative estimate of drug-likeness (QED) is 0.548. The highest BCUT2D eigenvalue weighted by molar-refractivity contribution is 5.86. The predicted molar refractivity (Wildman–Crippen MR) is 85.5 cm³/mol. The van der Waals surface area contributed by atoms with Crippen LogP contribution in [-0.2, 0) is 28.5 Å². The van der Waals surface area contributed by atoms with Crippen LogP contribution in [0.3, 0.4) is 0 Å². The molecule has 7 heteroatoms. The van der Waals surface area contributed by atoms with Crippen molar-refractivity contribution in [3.63, 3.8) is 0 Å². The van der Waals surface area contributed by atoms with E-state index in [2.05, 4.69) is 11.5 Å². The molecule has 0 aliphatic carbocycles. The molecule has 1 saturated heterocycles. The molecular formula is C16H29NO6. The van der Waals surface area contributed by atoms with Crippen LogP contribution in [0.5, 0.6) is 0 Å². The van der Waals surface area contributed by atoms with Crippen LogP contribution in [0.2, 0.25) is 0 Å². The summed E-state index contributed by atoms with van der Waals surface area (Å²) < 4.78 is 27.0. The molecule has 1 aliphatic rings. The molecule has 1 rings (SSSR count). The Labute approximate surface area is 138 Å². The van der Waals surface area contributed by atoms with Gasteiger partial charge in [0, 0.05) is 25.2 Å². The van der Waals surface area contributed by atoms with Gasteiger partial charge in [-0.05, 0) is 6.92 Å². The van der Waals surface area contributed by atoms with Crippen molar-refractivity contribution in [1.29, 1.82) is 0 Å². The summed E-state index contributed by atoms with van der Waals surface area (Å²) in [6.07, 6.45) is 0. The summed E-state index contributed by atoms with van der Waals surface area (Å²) in [5.41, 5.74) is 0.411. The molecule has 0 spiro atoms. The van der Waals surface area contributed by atoms with Gasteiger partial charge in [0.25, 0.3) is 0 Å². The van der Waals surface area contributed by atoms with Crippen LogP contribution in [0.15, 0.2) is 12.2 Å². The van der Waals surface area contributed by atoms with Crippen LogP contribution >= 0.6 is 0 Å². The third kappa shape index (κ3) is 11.2. The number of nitrogens with zero attached hydrogens (tertiary/aromatic N) is 1. The molecule has 1 aliphatic heterocycles. The highest BCUT2D eigenvalue weighted by Crippen LogP contribution is 1.95. The maximum atomic E-state index is 11.4. The predicted octanol–water partition coefficient (Wildman–Crippen LogP) is 0.488. The van der Waals surface area contributed by atoms with Crippen LogP contribution in [0.1, 0.15) is 6.92 Å². The first-order valence-corrected chi connectivity index (χ1v) is 8.06. The molecule has 0 aromatic rings. The molecular weight excluding hydrogens is 302 g/mol. The maximum absolute atomic E-state index is 11.4. The molecule has 0 bridgehead atoms. The van der Waals surface area contributed by atoms with E-state index in [1.807, 2.05) is 0 Å². The third-order valence-corrected chi connectivity index (χ3v) is 3.21. The minimum absolute atomic E-state index is 0.331. The standard InChI is InChI=1S/C16H29NO6/c1-15(2)16(18)23-8-5-17-3-6-19-9-11-21-13-14-22-12-10-20-7-4-17/h1,3-14H2,2H3. The van der Waals surface area contributed by atoms with E-state index in [0.717, 1.165) is 13.1 Å². The van der Waals surface area contributed by atoms with Crippen molar-refractivity contribution in [2.45, 2.75) is 6.92 Å². The molecule has 0 radical (unpaired) electrons. The van der Waals surface area contributed by atoms with Gasteiger partial charge in [0.15, 0.2) is 0 Å². The minimum atomic E-state index is -0.356. The van der Waals surface area contributed by atoms with E-state index in [4.69, 9.17) is 23.7 Å². The van der Waals surface area contributed by atoms with Crippen LogP contribution in [-0.4, -0.2) is 90.0 Å². The fourth-order valence-corrected chi connectivity index (χ4v) is 1.88. The smallest absolute Gasteiger partial charge is 0.333 e. The van der Waals surface area contributed by atoms with Crippen LogP contribution in [0, 0.1) is 0 Å². The van der Waals surface area contributed by atoms with Crippen molar-refractivity contribution in [2.75, 3.05) is 79.1 Å². The first-order valence-electron chi connectivity index (χ1n) is 8.06. The number of hydrogen-bond donors (Lipinski definition) is 0. The second-order valence-corrected chi connectivity index (χ2v) is 5.21. The average Bonchev–Trinajstić information content (AvgIpc) is 2.54. The van der Waals surface area contributed by atoms with E-state index < -0.39 is 0 Å². The van der Waals surface area contributed by atoms with Gasteiger partial charge in [-0.3, -0.25) is 4.90 Å². The van der Waals surface area contributed by atoms with Crippen molar-refractivity contribution < 1.29 is 28.5 Å². The average molecular weight is 331 g/mol. The number of hydrogen-bond acceptors (Lipinski definition) is 7. The summed E-state index contributed by atoms with van der Waals surface area (Å²) in [4.78, 5) is 13.5. The lowest BCUT2D eigenvalue weighted by atomic mass is 10.4. The number of esters is 1. The molecule has 0 aromatic carbocycles. The summed E-state index contributed by atoms with van der Waals surface area (Å²) in [6.45, 7) is 12.3. The van der Waals surface area contributed by atoms with E-state index in [9.17, 15) is 4.79 Å². The van der Waals surface area contributed by atoms with Crippen molar-refractivity contribution in [2.24, 2.45) is 0 Å². The highest BCUT2D eigenvalue weighted by Gasteiger charge is 2.08. The van der Waals surface area contributed by atoms with Gasteiger partial charge in [-0.25, -0.2) is 4.79 Å². The SMILES string of the molecule is C=C(C)C(=O)OCCN1CCOCCOCCOCCOCC1. The summed E-state index contributed by atoms with van der Waals surface area (Å²) in [5.74, 6) is -0.356. The molecule has 0 atom stereocenters. The fourth-order valence-electron chi connectivity index (χ4n) is 1.88. The Kier molecular flexibility index (Phi) is 11.7. The normalized spacial score (nSPS) is 20.2.